The Morgan fingerprint density at radius 2 is 2.10 bits per heavy atom. The smallest absolute Gasteiger partial charge is 0.0566 e. The summed E-state index contributed by atoms with van der Waals surface area (Å²) in [5, 5.41) is 3.66. The lowest BCUT2D eigenvalue weighted by Crippen LogP contribution is -2.32. The Hall–Kier alpha value is -1.06. The van der Waals surface area contributed by atoms with Gasteiger partial charge in [-0.25, -0.2) is 0 Å². The first-order valence-corrected chi connectivity index (χ1v) is 7.90. The highest BCUT2D eigenvalue weighted by atomic mass is 16.5. The number of rotatable bonds is 6. The molecule has 0 aromatic heterocycles. The van der Waals surface area contributed by atoms with Crippen LogP contribution in [-0.2, 0) is 11.3 Å². The first kappa shape index (κ1) is 15.3. The molecule has 1 heterocycles. The van der Waals surface area contributed by atoms with Gasteiger partial charge in [0, 0.05) is 24.9 Å². The summed E-state index contributed by atoms with van der Waals surface area (Å²) in [6.07, 6.45) is 2.57. The van der Waals surface area contributed by atoms with Crippen LogP contribution in [0.5, 0.6) is 0 Å². The lowest BCUT2D eigenvalue weighted by Gasteiger charge is -2.29. The number of nitrogens with zero attached hydrogens (tertiary/aromatic N) is 1. The first-order chi connectivity index (χ1) is 9.71. The predicted octanol–water partition coefficient (Wildman–Crippen LogP) is 3.51. The maximum atomic E-state index is 5.60. The van der Waals surface area contributed by atoms with E-state index in [0.717, 1.165) is 39.1 Å². The zero-order chi connectivity index (χ0) is 14.4. The first-order valence-electron chi connectivity index (χ1n) is 7.90. The summed E-state index contributed by atoms with van der Waals surface area (Å²) in [6.45, 7) is 10.7. The molecule has 3 heteroatoms. The third kappa shape index (κ3) is 4.50. The van der Waals surface area contributed by atoms with Gasteiger partial charge in [0.2, 0.25) is 0 Å². The molecule has 1 fully saturated rings. The lowest BCUT2D eigenvalue weighted by molar-refractivity contribution is 0.0232. The molecule has 1 aromatic rings. The van der Waals surface area contributed by atoms with Crippen molar-refractivity contribution >= 4 is 5.69 Å². The van der Waals surface area contributed by atoms with Crippen LogP contribution in [-0.4, -0.2) is 36.7 Å². The number of benzene rings is 1. The SMILES string of the molecule is CCN(CC)Cc1cccc(NC2CCOC(C)C2)c1. The van der Waals surface area contributed by atoms with E-state index in [1.807, 2.05) is 0 Å². The third-order valence-corrected chi connectivity index (χ3v) is 4.08. The monoisotopic (exact) mass is 276 g/mol. The number of nitrogens with one attached hydrogen (secondary N) is 1. The molecule has 20 heavy (non-hydrogen) atoms. The minimum atomic E-state index is 0.375. The van der Waals surface area contributed by atoms with Crippen molar-refractivity contribution in [3.05, 3.63) is 29.8 Å². The molecule has 2 rings (SSSR count). The molecule has 1 aromatic carbocycles. The van der Waals surface area contributed by atoms with E-state index in [1.54, 1.807) is 0 Å². The Morgan fingerprint density at radius 3 is 2.80 bits per heavy atom. The highest BCUT2D eigenvalue weighted by Gasteiger charge is 2.18. The average molecular weight is 276 g/mol. The van der Waals surface area contributed by atoms with Crippen LogP contribution in [0.1, 0.15) is 39.2 Å². The van der Waals surface area contributed by atoms with E-state index in [0.29, 0.717) is 12.1 Å². The molecule has 2 unspecified atom stereocenters. The Kier molecular flexibility index (Phi) is 5.86. The second-order valence-corrected chi connectivity index (χ2v) is 5.71. The second-order valence-electron chi connectivity index (χ2n) is 5.71. The van der Waals surface area contributed by atoms with E-state index < -0.39 is 0 Å². The lowest BCUT2D eigenvalue weighted by atomic mass is 10.0. The summed E-state index contributed by atoms with van der Waals surface area (Å²) in [4.78, 5) is 2.44. The van der Waals surface area contributed by atoms with E-state index in [1.165, 1.54) is 11.3 Å². The molecule has 112 valence electrons. The summed E-state index contributed by atoms with van der Waals surface area (Å²) >= 11 is 0. The van der Waals surface area contributed by atoms with Gasteiger partial charge < -0.3 is 10.1 Å². The molecule has 0 bridgehead atoms. The van der Waals surface area contributed by atoms with Gasteiger partial charge in [0.15, 0.2) is 0 Å². The molecule has 1 saturated heterocycles. The van der Waals surface area contributed by atoms with Crippen LogP contribution >= 0.6 is 0 Å². The average Bonchev–Trinajstić information content (AvgIpc) is 2.45. The van der Waals surface area contributed by atoms with E-state index in [4.69, 9.17) is 4.74 Å². The standard InChI is InChI=1S/C17H28N2O/c1-4-19(5-2)13-15-7-6-8-16(12-15)18-17-9-10-20-14(3)11-17/h6-8,12,14,17-18H,4-5,9-11,13H2,1-3H3. The highest BCUT2D eigenvalue weighted by Crippen LogP contribution is 2.20. The van der Waals surface area contributed by atoms with Crippen molar-refractivity contribution in [2.75, 3.05) is 25.0 Å². The number of ether oxygens (including phenoxy) is 1. The fraction of sp³-hybridized carbons (Fsp3) is 0.647. The third-order valence-electron chi connectivity index (χ3n) is 4.08. The van der Waals surface area contributed by atoms with Crippen LogP contribution in [0, 0.1) is 0 Å². The summed E-state index contributed by atoms with van der Waals surface area (Å²) in [7, 11) is 0. The van der Waals surface area contributed by atoms with E-state index in [2.05, 4.69) is 55.3 Å². The summed E-state index contributed by atoms with van der Waals surface area (Å²) in [6, 6.07) is 9.38. The minimum absolute atomic E-state index is 0.375. The van der Waals surface area contributed by atoms with Gasteiger partial charge in [-0.1, -0.05) is 26.0 Å². The number of hydrogen-bond donors (Lipinski definition) is 1. The molecule has 0 aliphatic carbocycles. The van der Waals surface area contributed by atoms with Crippen molar-refractivity contribution in [1.82, 2.24) is 4.90 Å². The van der Waals surface area contributed by atoms with Crippen molar-refractivity contribution in [3.63, 3.8) is 0 Å². The van der Waals surface area contributed by atoms with Crippen molar-refractivity contribution < 1.29 is 4.74 Å². The van der Waals surface area contributed by atoms with Gasteiger partial charge in [-0.15, -0.1) is 0 Å². The van der Waals surface area contributed by atoms with Crippen LogP contribution in [0.4, 0.5) is 5.69 Å². The van der Waals surface area contributed by atoms with Crippen LogP contribution in [0.25, 0.3) is 0 Å². The summed E-state index contributed by atoms with van der Waals surface area (Å²) in [5.41, 5.74) is 2.63. The van der Waals surface area contributed by atoms with Gasteiger partial charge in [0.25, 0.3) is 0 Å². The number of hydrogen-bond acceptors (Lipinski definition) is 3. The minimum Gasteiger partial charge on any atom is -0.382 e. The Morgan fingerprint density at radius 1 is 1.30 bits per heavy atom. The summed E-state index contributed by atoms with van der Waals surface area (Å²) in [5.74, 6) is 0. The molecule has 0 saturated carbocycles. The predicted molar refractivity (Wildman–Crippen MR) is 85.1 cm³/mol. The largest absolute Gasteiger partial charge is 0.382 e. The van der Waals surface area contributed by atoms with Crippen LogP contribution in [0.15, 0.2) is 24.3 Å². The molecule has 3 nitrogen and oxygen atoms in total. The van der Waals surface area contributed by atoms with Crippen molar-refractivity contribution in [3.8, 4) is 0 Å². The maximum Gasteiger partial charge on any atom is 0.0566 e. The maximum absolute atomic E-state index is 5.60. The molecule has 1 N–H and O–H groups in total. The highest BCUT2D eigenvalue weighted by molar-refractivity contribution is 5.46. The normalized spacial score (nSPS) is 23.0. The van der Waals surface area contributed by atoms with Gasteiger partial charge in [0.1, 0.15) is 0 Å². The van der Waals surface area contributed by atoms with Crippen LogP contribution < -0.4 is 5.32 Å². The topological polar surface area (TPSA) is 24.5 Å². The van der Waals surface area contributed by atoms with Gasteiger partial charge in [0.05, 0.1) is 6.10 Å². The molecular formula is C17H28N2O. The zero-order valence-electron chi connectivity index (χ0n) is 13.1. The zero-order valence-corrected chi connectivity index (χ0v) is 13.1. The molecule has 2 atom stereocenters. The Labute approximate surface area is 123 Å². The van der Waals surface area contributed by atoms with Crippen LogP contribution in [0.2, 0.25) is 0 Å². The molecule has 1 aliphatic heterocycles. The van der Waals surface area contributed by atoms with Gasteiger partial charge in [-0.05, 0) is 50.6 Å². The van der Waals surface area contributed by atoms with Crippen molar-refractivity contribution in [1.29, 1.82) is 0 Å². The molecule has 1 aliphatic rings. The van der Waals surface area contributed by atoms with E-state index in [-0.39, 0.29) is 0 Å². The molecular weight excluding hydrogens is 248 g/mol. The Bertz CT molecular complexity index is 404. The molecule has 0 radical (unpaired) electrons. The van der Waals surface area contributed by atoms with Gasteiger partial charge in [-0.3, -0.25) is 4.90 Å². The van der Waals surface area contributed by atoms with Crippen LogP contribution in [0.3, 0.4) is 0 Å². The quantitative estimate of drug-likeness (QED) is 0.860. The fourth-order valence-electron chi connectivity index (χ4n) is 2.83. The van der Waals surface area contributed by atoms with E-state index >= 15 is 0 Å². The fourth-order valence-corrected chi connectivity index (χ4v) is 2.83. The second kappa shape index (κ2) is 7.65. The van der Waals surface area contributed by atoms with E-state index in [9.17, 15) is 0 Å². The number of anilines is 1. The molecule has 0 spiro atoms. The van der Waals surface area contributed by atoms with Crippen molar-refractivity contribution in [2.24, 2.45) is 0 Å². The van der Waals surface area contributed by atoms with Gasteiger partial charge >= 0.3 is 0 Å². The molecule has 0 amide bonds. The summed E-state index contributed by atoms with van der Waals surface area (Å²) < 4.78 is 5.60. The van der Waals surface area contributed by atoms with Crippen molar-refractivity contribution in [2.45, 2.75) is 52.3 Å². The van der Waals surface area contributed by atoms with Gasteiger partial charge in [-0.2, -0.15) is 0 Å². The Balaban J connectivity index is 1.95.